The van der Waals surface area contributed by atoms with Gasteiger partial charge in [-0.25, -0.2) is 8.42 Å². The zero-order chi connectivity index (χ0) is 21.1. The van der Waals surface area contributed by atoms with Crippen molar-refractivity contribution in [3.63, 3.8) is 0 Å². The minimum atomic E-state index is -3.57. The molecule has 3 aromatic rings. The van der Waals surface area contributed by atoms with Gasteiger partial charge in [-0.2, -0.15) is 4.31 Å². The van der Waals surface area contributed by atoms with Crippen LogP contribution in [-0.4, -0.2) is 36.3 Å². The van der Waals surface area contributed by atoms with E-state index in [4.69, 9.17) is 0 Å². The van der Waals surface area contributed by atoms with Crippen LogP contribution in [0.1, 0.15) is 29.8 Å². The lowest BCUT2D eigenvalue weighted by molar-refractivity contribution is 0.101. The van der Waals surface area contributed by atoms with Gasteiger partial charge in [0.25, 0.3) is 5.91 Å². The SMILES string of the molecule is Cn1cc(S(=O)(=O)N2CCCCC2)cc1C(=O)Nc1ccc(-c2ccccc2)cc1. The van der Waals surface area contributed by atoms with Gasteiger partial charge in [-0.1, -0.05) is 48.9 Å². The van der Waals surface area contributed by atoms with Gasteiger partial charge in [-0.3, -0.25) is 4.79 Å². The third kappa shape index (κ3) is 4.17. The number of nitrogens with zero attached hydrogens (tertiary/aromatic N) is 2. The number of aryl methyl sites for hydroxylation is 1. The lowest BCUT2D eigenvalue weighted by atomic mass is 10.1. The number of benzene rings is 2. The number of carbonyl (C=O) groups excluding carboxylic acids is 1. The standard InChI is InChI=1S/C23H25N3O3S/c1-25-17-21(30(28,29)26-14-6-3-7-15-26)16-22(25)23(27)24-20-12-10-19(11-13-20)18-8-4-2-5-9-18/h2,4-5,8-13,16-17H,3,6-7,14-15H2,1H3,(H,24,27). The Balaban J connectivity index is 1.50. The first kappa shape index (κ1) is 20.4. The molecule has 1 aliphatic heterocycles. The summed E-state index contributed by atoms with van der Waals surface area (Å²) in [4.78, 5) is 12.9. The van der Waals surface area contributed by atoms with Crippen LogP contribution in [0.4, 0.5) is 5.69 Å². The van der Waals surface area contributed by atoms with Crippen molar-refractivity contribution in [3.8, 4) is 11.1 Å². The molecule has 0 aliphatic carbocycles. The molecule has 2 heterocycles. The zero-order valence-corrected chi connectivity index (χ0v) is 17.7. The summed E-state index contributed by atoms with van der Waals surface area (Å²) in [5.74, 6) is -0.343. The fourth-order valence-electron chi connectivity index (χ4n) is 3.73. The molecule has 0 unspecified atom stereocenters. The van der Waals surface area contributed by atoms with Crippen LogP contribution in [-0.2, 0) is 17.1 Å². The Labute approximate surface area is 177 Å². The summed E-state index contributed by atoms with van der Waals surface area (Å²) in [5.41, 5.74) is 3.12. The van der Waals surface area contributed by atoms with E-state index in [1.807, 2.05) is 54.6 Å². The van der Waals surface area contributed by atoms with Gasteiger partial charge in [-0.15, -0.1) is 0 Å². The number of anilines is 1. The van der Waals surface area contributed by atoms with E-state index in [-0.39, 0.29) is 10.8 Å². The highest BCUT2D eigenvalue weighted by Gasteiger charge is 2.28. The van der Waals surface area contributed by atoms with Gasteiger partial charge < -0.3 is 9.88 Å². The van der Waals surface area contributed by atoms with Crippen molar-refractivity contribution >= 4 is 21.6 Å². The largest absolute Gasteiger partial charge is 0.345 e. The summed E-state index contributed by atoms with van der Waals surface area (Å²) >= 11 is 0. The summed E-state index contributed by atoms with van der Waals surface area (Å²) < 4.78 is 28.8. The molecule has 7 heteroatoms. The first-order chi connectivity index (χ1) is 14.4. The Hall–Kier alpha value is -2.90. The molecule has 2 aromatic carbocycles. The van der Waals surface area contributed by atoms with Crippen LogP contribution in [0.15, 0.2) is 71.8 Å². The number of rotatable bonds is 5. The van der Waals surface area contributed by atoms with E-state index >= 15 is 0 Å². The van der Waals surface area contributed by atoms with E-state index < -0.39 is 10.0 Å². The van der Waals surface area contributed by atoms with Crippen LogP contribution in [0, 0.1) is 0 Å². The maximum atomic E-state index is 12.9. The molecule has 156 valence electrons. The van der Waals surface area contributed by atoms with Gasteiger partial charge in [0.2, 0.25) is 10.0 Å². The summed E-state index contributed by atoms with van der Waals surface area (Å²) in [5, 5.41) is 2.85. The van der Waals surface area contributed by atoms with Crippen LogP contribution in [0.5, 0.6) is 0 Å². The number of nitrogens with one attached hydrogen (secondary N) is 1. The summed E-state index contributed by atoms with van der Waals surface area (Å²) in [6.07, 6.45) is 4.31. The highest BCUT2D eigenvalue weighted by molar-refractivity contribution is 7.89. The molecule has 1 fully saturated rings. The van der Waals surface area contributed by atoms with Gasteiger partial charge in [0, 0.05) is 32.0 Å². The average molecular weight is 424 g/mol. The molecular weight excluding hydrogens is 398 g/mol. The normalized spacial score (nSPS) is 15.1. The number of sulfonamides is 1. The van der Waals surface area contributed by atoms with Crippen molar-refractivity contribution < 1.29 is 13.2 Å². The minimum absolute atomic E-state index is 0.163. The summed E-state index contributed by atoms with van der Waals surface area (Å²) in [7, 11) is -1.89. The molecule has 0 spiro atoms. The third-order valence-electron chi connectivity index (χ3n) is 5.42. The monoisotopic (exact) mass is 423 g/mol. The number of hydrogen-bond acceptors (Lipinski definition) is 3. The highest BCUT2D eigenvalue weighted by Crippen LogP contribution is 2.24. The molecule has 4 rings (SSSR count). The summed E-state index contributed by atoms with van der Waals surface area (Å²) in [6.45, 7) is 1.07. The third-order valence-corrected chi connectivity index (χ3v) is 7.28. The van der Waals surface area contributed by atoms with Crippen LogP contribution >= 0.6 is 0 Å². The number of amides is 1. The Morgan fingerprint density at radius 2 is 1.53 bits per heavy atom. The second kappa shape index (κ2) is 8.45. The van der Waals surface area contributed by atoms with E-state index in [1.165, 1.54) is 16.6 Å². The maximum absolute atomic E-state index is 12.9. The predicted molar refractivity (Wildman–Crippen MR) is 118 cm³/mol. The smallest absolute Gasteiger partial charge is 0.272 e. The number of piperidine rings is 1. The Morgan fingerprint density at radius 1 is 0.900 bits per heavy atom. The van der Waals surface area contributed by atoms with E-state index in [0.717, 1.165) is 30.4 Å². The lowest BCUT2D eigenvalue weighted by Crippen LogP contribution is -2.35. The molecule has 0 bridgehead atoms. The van der Waals surface area contributed by atoms with Crippen molar-refractivity contribution in [2.75, 3.05) is 18.4 Å². The molecule has 1 saturated heterocycles. The van der Waals surface area contributed by atoms with Crippen LogP contribution in [0.2, 0.25) is 0 Å². The Bertz CT molecular complexity index is 1130. The second-order valence-corrected chi connectivity index (χ2v) is 9.47. The van der Waals surface area contributed by atoms with Gasteiger partial charge in [-0.05, 0) is 42.2 Å². The molecule has 30 heavy (non-hydrogen) atoms. The molecule has 0 atom stereocenters. The van der Waals surface area contributed by atoms with Gasteiger partial charge in [0.1, 0.15) is 10.6 Å². The van der Waals surface area contributed by atoms with E-state index in [0.29, 0.717) is 24.5 Å². The average Bonchev–Trinajstić information content (AvgIpc) is 3.18. The Kier molecular flexibility index (Phi) is 5.74. The van der Waals surface area contributed by atoms with Crippen molar-refractivity contribution in [1.29, 1.82) is 0 Å². The molecule has 1 aromatic heterocycles. The highest BCUT2D eigenvalue weighted by atomic mass is 32.2. The van der Waals surface area contributed by atoms with Gasteiger partial charge >= 0.3 is 0 Å². The van der Waals surface area contributed by atoms with Crippen LogP contribution < -0.4 is 5.32 Å². The molecule has 0 radical (unpaired) electrons. The van der Waals surface area contributed by atoms with E-state index in [9.17, 15) is 13.2 Å². The number of hydrogen-bond donors (Lipinski definition) is 1. The van der Waals surface area contributed by atoms with Crippen molar-refractivity contribution in [3.05, 3.63) is 72.6 Å². The molecule has 1 N–H and O–H groups in total. The molecule has 1 amide bonds. The minimum Gasteiger partial charge on any atom is -0.345 e. The van der Waals surface area contributed by atoms with Crippen molar-refractivity contribution in [2.24, 2.45) is 7.05 Å². The quantitative estimate of drug-likeness (QED) is 0.671. The van der Waals surface area contributed by atoms with Gasteiger partial charge in [0.15, 0.2) is 0 Å². The van der Waals surface area contributed by atoms with E-state index in [1.54, 1.807) is 11.6 Å². The molecule has 6 nitrogen and oxygen atoms in total. The number of carbonyl (C=O) groups is 1. The van der Waals surface area contributed by atoms with E-state index in [2.05, 4.69) is 5.32 Å². The predicted octanol–water partition coefficient (Wildman–Crippen LogP) is 4.12. The molecule has 0 saturated carbocycles. The topological polar surface area (TPSA) is 71.4 Å². The van der Waals surface area contributed by atoms with Crippen LogP contribution in [0.3, 0.4) is 0 Å². The molecular formula is C23H25N3O3S. The maximum Gasteiger partial charge on any atom is 0.272 e. The fourth-order valence-corrected chi connectivity index (χ4v) is 5.32. The zero-order valence-electron chi connectivity index (χ0n) is 16.9. The molecule has 1 aliphatic rings. The Morgan fingerprint density at radius 3 is 2.20 bits per heavy atom. The fraction of sp³-hybridized carbons (Fsp3) is 0.261. The lowest BCUT2D eigenvalue weighted by Gasteiger charge is -2.25. The summed E-state index contributed by atoms with van der Waals surface area (Å²) in [6, 6.07) is 19.0. The first-order valence-corrected chi connectivity index (χ1v) is 11.5. The van der Waals surface area contributed by atoms with Crippen molar-refractivity contribution in [2.45, 2.75) is 24.2 Å². The first-order valence-electron chi connectivity index (χ1n) is 10.1. The van der Waals surface area contributed by atoms with Crippen LogP contribution in [0.25, 0.3) is 11.1 Å². The van der Waals surface area contributed by atoms with Crippen molar-refractivity contribution in [1.82, 2.24) is 8.87 Å². The van der Waals surface area contributed by atoms with Gasteiger partial charge in [0.05, 0.1) is 0 Å². The number of aromatic nitrogens is 1. The second-order valence-electron chi connectivity index (χ2n) is 7.53.